The fourth-order valence-electron chi connectivity index (χ4n) is 1.27. The second kappa shape index (κ2) is 6.28. The summed E-state index contributed by atoms with van der Waals surface area (Å²) in [7, 11) is 1.55. The third kappa shape index (κ3) is 4.16. The number of carbonyl (C=O) groups excluding carboxylic acids is 1. The van der Waals surface area contributed by atoms with Gasteiger partial charge in [0.15, 0.2) is 5.82 Å². The van der Waals surface area contributed by atoms with Crippen LogP contribution in [0.15, 0.2) is 30.4 Å². The summed E-state index contributed by atoms with van der Waals surface area (Å²) in [5, 5.41) is 12.6. The van der Waals surface area contributed by atoms with Gasteiger partial charge in [-0.1, -0.05) is 6.07 Å². The molecule has 1 aromatic rings. The molecule has 0 aromatic carbocycles. The van der Waals surface area contributed by atoms with E-state index in [1.165, 1.54) is 23.2 Å². The summed E-state index contributed by atoms with van der Waals surface area (Å²) in [5.74, 6) is -0.576. The van der Waals surface area contributed by atoms with E-state index in [4.69, 9.17) is 0 Å². The van der Waals surface area contributed by atoms with E-state index in [9.17, 15) is 19.3 Å². The Kier molecular flexibility index (Phi) is 4.73. The van der Waals surface area contributed by atoms with Crippen LogP contribution in [0.1, 0.15) is 5.56 Å². The summed E-state index contributed by atoms with van der Waals surface area (Å²) in [6, 6.07) is 2.69. The molecule has 0 saturated heterocycles. The maximum atomic E-state index is 12.6. The molecule has 0 saturated carbocycles. The highest BCUT2D eigenvalue weighted by Crippen LogP contribution is 2.06. The Bertz CT molecular complexity index is 461. The fourth-order valence-corrected chi connectivity index (χ4v) is 1.27. The lowest BCUT2D eigenvalue weighted by atomic mass is 10.3. The van der Waals surface area contributed by atoms with Gasteiger partial charge in [0.05, 0.1) is 4.92 Å². The number of amides is 1. The van der Waals surface area contributed by atoms with E-state index in [0.29, 0.717) is 18.2 Å². The Labute approximate surface area is 102 Å². The summed E-state index contributed by atoms with van der Waals surface area (Å²) >= 11 is 0. The predicted molar refractivity (Wildman–Crippen MR) is 59.9 cm³/mol. The molecule has 1 heterocycles. The first-order valence-electron chi connectivity index (χ1n) is 4.90. The van der Waals surface area contributed by atoms with Crippen molar-refractivity contribution in [1.82, 2.24) is 15.2 Å². The molecule has 0 aliphatic rings. The molecule has 0 fully saturated rings. The molecule has 1 N–H and O–H groups in total. The largest absolute Gasteiger partial charge is 0.352 e. The number of rotatable bonds is 6. The smallest absolute Gasteiger partial charge is 0.274 e. The highest BCUT2D eigenvalue weighted by Gasteiger charge is 2.09. The van der Waals surface area contributed by atoms with Crippen LogP contribution in [0.3, 0.4) is 0 Å². The molecule has 7 nitrogen and oxygen atoms in total. The molecule has 0 atom stereocenters. The standard InChI is InChI=1S/C10H11FN4O3/c1-14(10(13-7-16)6-15(17)18)5-8-2-3-9(11)12-4-8/h2-4,6-7H,5H2,1H3,(H,13,16). The number of halogens is 1. The van der Waals surface area contributed by atoms with Gasteiger partial charge in [-0.15, -0.1) is 0 Å². The number of carbonyl (C=O) groups is 1. The van der Waals surface area contributed by atoms with Crippen LogP contribution in [-0.2, 0) is 11.3 Å². The lowest BCUT2D eigenvalue weighted by molar-refractivity contribution is -0.404. The lowest BCUT2D eigenvalue weighted by Gasteiger charge is -2.19. The number of nitro groups is 1. The van der Waals surface area contributed by atoms with Gasteiger partial charge >= 0.3 is 0 Å². The summed E-state index contributed by atoms with van der Waals surface area (Å²) in [6.45, 7) is 0.244. The molecule has 0 spiro atoms. The van der Waals surface area contributed by atoms with Gasteiger partial charge in [-0.05, 0) is 11.6 Å². The maximum Gasteiger partial charge on any atom is 0.274 e. The number of aromatic nitrogens is 1. The number of hydrogen-bond donors (Lipinski definition) is 1. The molecule has 8 heteroatoms. The first-order chi connectivity index (χ1) is 8.52. The monoisotopic (exact) mass is 254 g/mol. The second-order valence-electron chi connectivity index (χ2n) is 3.41. The minimum Gasteiger partial charge on any atom is -0.352 e. The topological polar surface area (TPSA) is 88.4 Å². The van der Waals surface area contributed by atoms with E-state index in [1.54, 1.807) is 7.05 Å². The zero-order valence-electron chi connectivity index (χ0n) is 9.54. The van der Waals surface area contributed by atoms with Crippen molar-refractivity contribution in [2.45, 2.75) is 6.54 Å². The highest BCUT2D eigenvalue weighted by atomic mass is 19.1. The Balaban J connectivity index is 2.78. The van der Waals surface area contributed by atoms with Gasteiger partial charge in [-0.25, -0.2) is 4.98 Å². The van der Waals surface area contributed by atoms with Crippen molar-refractivity contribution in [2.75, 3.05) is 7.05 Å². The highest BCUT2D eigenvalue weighted by molar-refractivity contribution is 5.49. The van der Waals surface area contributed by atoms with Gasteiger partial charge in [-0.3, -0.25) is 14.9 Å². The first kappa shape index (κ1) is 13.6. The molecule has 1 amide bonds. The molecule has 1 aromatic heterocycles. The van der Waals surface area contributed by atoms with E-state index in [0.717, 1.165) is 0 Å². The molecule has 0 radical (unpaired) electrons. The molecule has 1 rings (SSSR count). The lowest BCUT2D eigenvalue weighted by Crippen LogP contribution is -2.28. The number of nitrogens with one attached hydrogen (secondary N) is 1. The van der Waals surface area contributed by atoms with Gasteiger partial charge in [0.1, 0.15) is 0 Å². The van der Waals surface area contributed by atoms with Gasteiger partial charge in [0, 0.05) is 19.8 Å². The van der Waals surface area contributed by atoms with Crippen molar-refractivity contribution in [3.05, 3.63) is 52.0 Å². The SMILES string of the molecule is CN(Cc1ccc(F)nc1)C(=C[N+](=O)[O-])NC=O. The van der Waals surface area contributed by atoms with Crippen molar-refractivity contribution >= 4 is 6.41 Å². The van der Waals surface area contributed by atoms with Gasteiger partial charge < -0.3 is 10.2 Å². The number of nitrogens with zero attached hydrogens (tertiary/aromatic N) is 3. The van der Waals surface area contributed by atoms with Crippen LogP contribution in [0, 0.1) is 16.1 Å². The zero-order chi connectivity index (χ0) is 13.5. The van der Waals surface area contributed by atoms with E-state index in [2.05, 4.69) is 10.3 Å². The summed E-state index contributed by atoms with van der Waals surface area (Å²) in [4.78, 5) is 24.9. The Morgan fingerprint density at radius 1 is 1.67 bits per heavy atom. The van der Waals surface area contributed by atoms with E-state index in [-0.39, 0.29) is 12.4 Å². The van der Waals surface area contributed by atoms with E-state index in [1.807, 2.05) is 0 Å². The van der Waals surface area contributed by atoms with Crippen molar-refractivity contribution in [3.8, 4) is 0 Å². The Morgan fingerprint density at radius 2 is 2.39 bits per heavy atom. The normalized spacial score (nSPS) is 10.9. The van der Waals surface area contributed by atoms with Crippen molar-refractivity contribution < 1.29 is 14.1 Å². The summed E-state index contributed by atoms with van der Waals surface area (Å²) < 4.78 is 12.6. The van der Waals surface area contributed by atoms with Crippen LogP contribution in [0.25, 0.3) is 0 Å². The quantitative estimate of drug-likeness (QED) is 0.345. The summed E-state index contributed by atoms with van der Waals surface area (Å²) in [5.41, 5.74) is 0.654. The van der Waals surface area contributed by atoms with E-state index < -0.39 is 10.9 Å². The Hall–Kier alpha value is -2.51. The first-order valence-corrected chi connectivity index (χ1v) is 4.90. The average Bonchev–Trinajstić information content (AvgIpc) is 2.31. The molecule has 0 bridgehead atoms. The van der Waals surface area contributed by atoms with Crippen LogP contribution >= 0.6 is 0 Å². The van der Waals surface area contributed by atoms with Crippen molar-refractivity contribution in [1.29, 1.82) is 0 Å². The average molecular weight is 254 g/mol. The minimum absolute atomic E-state index is 0.0272. The number of hydrogen-bond acceptors (Lipinski definition) is 5. The van der Waals surface area contributed by atoms with E-state index >= 15 is 0 Å². The molecular weight excluding hydrogens is 243 g/mol. The molecule has 96 valence electrons. The van der Waals surface area contributed by atoms with Crippen LogP contribution in [0.5, 0.6) is 0 Å². The van der Waals surface area contributed by atoms with Crippen LogP contribution in [0.2, 0.25) is 0 Å². The van der Waals surface area contributed by atoms with Crippen LogP contribution in [0.4, 0.5) is 4.39 Å². The Morgan fingerprint density at radius 3 is 2.89 bits per heavy atom. The third-order valence-electron chi connectivity index (χ3n) is 2.05. The molecule has 0 aliphatic carbocycles. The molecule has 0 aliphatic heterocycles. The fraction of sp³-hybridized carbons (Fsp3) is 0.200. The minimum atomic E-state index is -0.675. The van der Waals surface area contributed by atoms with Crippen molar-refractivity contribution in [2.24, 2.45) is 0 Å². The number of pyridine rings is 1. The second-order valence-corrected chi connectivity index (χ2v) is 3.41. The summed E-state index contributed by atoms with van der Waals surface area (Å²) in [6.07, 6.45) is 2.33. The van der Waals surface area contributed by atoms with Crippen LogP contribution < -0.4 is 5.32 Å². The molecule has 18 heavy (non-hydrogen) atoms. The third-order valence-corrected chi connectivity index (χ3v) is 2.05. The van der Waals surface area contributed by atoms with Crippen LogP contribution in [-0.4, -0.2) is 28.3 Å². The molecule has 0 unspecified atom stereocenters. The van der Waals surface area contributed by atoms with Gasteiger partial charge in [-0.2, -0.15) is 4.39 Å². The maximum absolute atomic E-state index is 12.6. The predicted octanol–water partition coefficient (Wildman–Crippen LogP) is 0.474. The van der Waals surface area contributed by atoms with Crippen molar-refractivity contribution in [3.63, 3.8) is 0 Å². The van der Waals surface area contributed by atoms with Gasteiger partial charge in [0.25, 0.3) is 6.20 Å². The molecular formula is C10H11FN4O3. The van der Waals surface area contributed by atoms with Gasteiger partial charge in [0.2, 0.25) is 12.4 Å². The zero-order valence-corrected chi connectivity index (χ0v) is 9.54.